The molecular weight excluding hydrogens is 663 g/mol. The molecule has 0 spiro atoms. The van der Waals surface area contributed by atoms with Gasteiger partial charge in [-0.2, -0.15) is 0 Å². The van der Waals surface area contributed by atoms with Gasteiger partial charge in [-0.3, -0.25) is 13.8 Å². The van der Waals surface area contributed by atoms with Crippen molar-refractivity contribution in [1.29, 1.82) is 0 Å². The molecule has 10 heteroatoms. The first-order valence-corrected chi connectivity index (χ1v) is 21.6. The summed E-state index contributed by atoms with van der Waals surface area (Å²) in [5.41, 5.74) is 0. The number of nitrogens with zero attached hydrogens (tertiary/aromatic N) is 1. The summed E-state index contributed by atoms with van der Waals surface area (Å²) in [7, 11) is 1.52. The molecule has 1 aliphatic heterocycles. The second-order valence-electron chi connectivity index (χ2n) is 15.0. The number of hydrogen-bond donors (Lipinski definition) is 3. The number of allylic oxidation sites excluding steroid dienone is 5. The molecule has 0 aromatic rings. The van der Waals surface area contributed by atoms with E-state index in [1.54, 1.807) is 6.08 Å². The van der Waals surface area contributed by atoms with Crippen molar-refractivity contribution in [3.05, 3.63) is 48.6 Å². The lowest BCUT2D eigenvalue weighted by Gasteiger charge is -2.25. The summed E-state index contributed by atoms with van der Waals surface area (Å²) < 4.78 is 29.2. The minimum Gasteiger partial charge on any atom is -0.387 e. The third kappa shape index (κ3) is 29.6. The highest BCUT2D eigenvalue weighted by atomic mass is 31.2. The van der Waals surface area contributed by atoms with Gasteiger partial charge in [-0.1, -0.05) is 127 Å². The average Bonchev–Trinajstić information content (AvgIpc) is 3.83. The van der Waals surface area contributed by atoms with Crippen molar-refractivity contribution < 1.29 is 37.6 Å². The van der Waals surface area contributed by atoms with Gasteiger partial charge in [-0.05, 0) is 57.8 Å². The number of carbonyl (C=O) groups is 1. The summed E-state index contributed by atoms with van der Waals surface area (Å²) >= 11 is 0. The van der Waals surface area contributed by atoms with Crippen molar-refractivity contribution in [2.45, 2.75) is 167 Å². The van der Waals surface area contributed by atoms with E-state index in [9.17, 15) is 19.4 Å². The number of quaternary nitrogens is 1. The Bertz CT molecular complexity index is 1040. The number of aliphatic hydroxyl groups excluding tert-OH is 1. The number of amides is 1. The van der Waals surface area contributed by atoms with E-state index in [0.717, 1.165) is 44.9 Å². The van der Waals surface area contributed by atoms with Gasteiger partial charge >= 0.3 is 7.82 Å². The highest BCUT2D eigenvalue weighted by molar-refractivity contribution is 7.47. The molecule has 0 aromatic carbocycles. The lowest BCUT2D eigenvalue weighted by Crippen LogP contribution is -2.45. The summed E-state index contributed by atoms with van der Waals surface area (Å²) in [4.78, 5) is 23.0. The molecule has 296 valence electrons. The molecule has 1 rings (SSSR count). The van der Waals surface area contributed by atoms with E-state index in [0.29, 0.717) is 29.7 Å². The zero-order valence-corrected chi connectivity index (χ0v) is 33.9. The topological polar surface area (TPSA) is 118 Å². The first-order chi connectivity index (χ1) is 24.5. The number of phosphoric ester groups is 1. The Hall–Kier alpha value is -1.58. The summed E-state index contributed by atoms with van der Waals surface area (Å²) in [6.45, 7) is 4.69. The Morgan fingerprint density at radius 3 is 1.96 bits per heavy atom. The zero-order valence-electron chi connectivity index (χ0n) is 33.0. The van der Waals surface area contributed by atoms with Gasteiger partial charge in [0.2, 0.25) is 5.91 Å². The monoisotopic (exact) mass is 740 g/mol. The molecule has 1 heterocycles. The minimum atomic E-state index is -4.35. The number of ether oxygens (including phenoxy) is 1. The Morgan fingerprint density at radius 1 is 0.765 bits per heavy atom. The fourth-order valence-electron chi connectivity index (χ4n) is 5.54. The summed E-state index contributed by atoms with van der Waals surface area (Å²) in [5, 5.41) is 13.7. The van der Waals surface area contributed by atoms with Gasteiger partial charge in [0.25, 0.3) is 0 Å². The summed E-state index contributed by atoms with van der Waals surface area (Å²) in [6, 6.07) is -0.878. The summed E-state index contributed by atoms with van der Waals surface area (Å²) in [6.07, 6.45) is 37.8. The van der Waals surface area contributed by atoms with Crippen LogP contribution in [0.4, 0.5) is 0 Å². The predicted molar refractivity (Wildman–Crippen MR) is 211 cm³/mol. The molecule has 0 radical (unpaired) electrons. The van der Waals surface area contributed by atoms with Crippen LogP contribution in [0.15, 0.2) is 48.6 Å². The SMILES string of the molecule is CCCCC/C=C\CC1OC1C/C=C\C/C=C\CCCC(=O)N[C@@H](COP(=O)(O)OCC[N+](C)(C)C)[C@H](O)/C=C/CCCCCCCCCCC. The van der Waals surface area contributed by atoms with Gasteiger partial charge in [-0.15, -0.1) is 0 Å². The number of phosphoric acid groups is 1. The Balaban J connectivity index is 2.41. The minimum absolute atomic E-state index is 0.0470. The first kappa shape index (κ1) is 47.4. The molecule has 0 saturated carbocycles. The largest absolute Gasteiger partial charge is 0.472 e. The van der Waals surface area contributed by atoms with E-state index < -0.39 is 20.0 Å². The van der Waals surface area contributed by atoms with Crippen LogP contribution < -0.4 is 5.32 Å². The number of hydrogen-bond acceptors (Lipinski definition) is 6. The second kappa shape index (κ2) is 29.8. The standard InChI is InChI=1S/C41H75N2O7P/c1-6-8-10-12-14-15-16-17-19-22-26-30-38(44)37(36-49-51(46,47)48-35-34-43(3,4)5)42-41(45)33-29-25-21-18-20-24-28-32-40-39(50-40)31-27-23-13-11-9-7-2/h18,21,23-24,26-28,30,37-40,44H,6-17,19-20,22,25,29,31-36H2,1-5H3,(H-,42,45,46,47)/p+1/b21-18-,27-23-,28-24-,30-26+/t37-,38+,39?,40?/m0/s1. The average molecular weight is 740 g/mol. The molecule has 1 fully saturated rings. The first-order valence-electron chi connectivity index (χ1n) is 20.1. The van der Waals surface area contributed by atoms with Crippen LogP contribution >= 0.6 is 7.82 Å². The molecule has 3 N–H and O–H groups in total. The van der Waals surface area contributed by atoms with E-state index >= 15 is 0 Å². The van der Waals surface area contributed by atoms with E-state index in [-0.39, 0.29) is 25.5 Å². The normalized spacial score (nSPS) is 19.0. The number of unbranched alkanes of at least 4 members (excludes halogenated alkanes) is 13. The third-order valence-corrected chi connectivity index (χ3v) is 9.93. The predicted octanol–water partition coefficient (Wildman–Crippen LogP) is 9.51. The Morgan fingerprint density at radius 2 is 1.29 bits per heavy atom. The Kier molecular flexibility index (Phi) is 27.7. The van der Waals surface area contributed by atoms with Crippen molar-refractivity contribution >= 4 is 13.7 Å². The maximum Gasteiger partial charge on any atom is 0.472 e. The van der Waals surface area contributed by atoms with Crippen molar-refractivity contribution in [1.82, 2.24) is 5.32 Å². The molecule has 5 atom stereocenters. The van der Waals surface area contributed by atoms with Crippen molar-refractivity contribution in [3.63, 3.8) is 0 Å². The molecule has 51 heavy (non-hydrogen) atoms. The molecule has 1 aliphatic rings. The van der Waals surface area contributed by atoms with Crippen LogP contribution in [-0.4, -0.2) is 85.6 Å². The zero-order chi connectivity index (χ0) is 37.6. The highest BCUT2D eigenvalue weighted by Crippen LogP contribution is 2.43. The summed E-state index contributed by atoms with van der Waals surface area (Å²) in [5.74, 6) is -0.239. The van der Waals surface area contributed by atoms with Crippen molar-refractivity contribution in [2.75, 3.05) is 40.9 Å². The van der Waals surface area contributed by atoms with Gasteiger partial charge in [0.05, 0.1) is 52.1 Å². The van der Waals surface area contributed by atoms with Crippen LogP contribution in [-0.2, 0) is 23.1 Å². The number of epoxide rings is 1. The van der Waals surface area contributed by atoms with Crippen LogP contribution in [0.1, 0.15) is 142 Å². The van der Waals surface area contributed by atoms with E-state index in [1.807, 2.05) is 27.2 Å². The quantitative estimate of drug-likeness (QED) is 0.0198. The molecule has 0 bridgehead atoms. The van der Waals surface area contributed by atoms with Crippen LogP contribution in [0, 0.1) is 0 Å². The van der Waals surface area contributed by atoms with Gasteiger partial charge < -0.3 is 24.5 Å². The molecule has 0 aromatic heterocycles. The number of aliphatic hydroxyl groups is 1. The number of rotatable bonds is 34. The number of likely N-dealkylation sites (N-methyl/N-ethyl adjacent to an activating group) is 1. The highest BCUT2D eigenvalue weighted by Gasteiger charge is 2.36. The van der Waals surface area contributed by atoms with Gasteiger partial charge in [0.1, 0.15) is 13.2 Å². The smallest absolute Gasteiger partial charge is 0.387 e. The molecule has 3 unspecified atom stereocenters. The van der Waals surface area contributed by atoms with Gasteiger partial charge in [-0.25, -0.2) is 4.57 Å². The van der Waals surface area contributed by atoms with Crippen LogP contribution in [0.25, 0.3) is 0 Å². The lowest BCUT2D eigenvalue weighted by atomic mass is 10.1. The van der Waals surface area contributed by atoms with Crippen LogP contribution in [0.3, 0.4) is 0 Å². The third-order valence-electron chi connectivity index (χ3n) is 8.95. The van der Waals surface area contributed by atoms with Crippen molar-refractivity contribution in [3.8, 4) is 0 Å². The van der Waals surface area contributed by atoms with Crippen LogP contribution in [0.2, 0.25) is 0 Å². The van der Waals surface area contributed by atoms with Crippen LogP contribution in [0.5, 0.6) is 0 Å². The number of carbonyl (C=O) groups excluding carboxylic acids is 1. The fourth-order valence-corrected chi connectivity index (χ4v) is 6.28. The fraction of sp³-hybridized carbons (Fsp3) is 0.780. The van der Waals surface area contributed by atoms with Gasteiger partial charge in [0, 0.05) is 6.42 Å². The van der Waals surface area contributed by atoms with E-state index in [2.05, 4.69) is 55.6 Å². The van der Waals surface area contributed by atoms with Crippen molar-refractivity contribution in [2.24, 2.45) is 0 Å². The maximum absolute atomic E-state index is 12.8. The Labute approximate surface area is 312 Å². The second-order valence-corrected chi connectivity index (χ2v) is 16.5. The molecule has 0 aliphatic carbocycles. The number of nitrogens with one attached hydrogen (secondary N) is 1. The van der Waals surface area contributed by atoms with E-state index in [1.165, 1.54) is 70.6 Å². The molecule has 1 amide bonds. The molecule has 1 saturated heterocycles. The van der Waals surface area contributed by atoms with Gasteiger partial charge in [0.15, 0.2) is 0 Å². The lowest BCUT2D eigenvalue weighted by molar-refractivity contribution is -0.870. The molecule has 9 nitrogen and oxygen atoms in total. The molecular formula is C41H76N2O7P+. The maximum atomic E-state index is 12.8. The van der Waals surface area contributed by atoms with E-state index in [4.69, 9.17) is 13.8 Å².